The number of amides is 2. The highest BCUT2D eigenvalue weighted by Gasteiger charge is 2.51. The molecule has 2 saturated heterocycles. The van der Waals surface area contributed by atoms with Crippen molar-refractivity contribution in [3.63, 3.8) is 0 Å². The van der Waals surface area contributed by atoms with Crippen molar-refractivity contribution in [2.75, 3.05) is 13.1 Å². The Morgan fingerprint density at radius 3 is 2.30 bits per heavy atom. The van der Waals surface area contributed by atoms with Crippen molar-refractivity contribution < 1.29 is 28.0 Å². The first kappa shape index (κ1) is 30.1. The Bertz CT molecular complexity index is 1220. The summed E-state index contributed by atoms with van der Waals surface area (Å²) in [5.41, 5.74) is 1.62. The highest BCUT2D eigenvalue weighted by molar-refractivity contribution is 6.62. The molecule has 7 nitrogen and oxygen atoms in total. The predicted molar refractivity (Wildman–Crippen MR) is 154 cm³/mol. The van der Waals surface area contributed by atoms with E-state index in [2.05, 4.69) is 17.4 Å². The molecule has 2 amide bonds. The summed E-state index contributed by atoms with van der Waals surface area (Å²) in [6, 6.07) is 13.0. The molecule has 2 aliphatic rings. The number of carbonyl (C=O) groups is 2. The number of nitrogens with one attached hydrogen (secondary N) is 1. The Labute approximate surface area is 237 Å². The van der Waals surface area contributed by atoms with Gasteiger partial charge in [-0.1, -0.05) is 36.4 Å². The van der Waals surface area contributed by atoms with Crippen LogP contribution < -0.4 is 10.8 Å². The molecule has 0 aromatic heterocycles. The van der Waals surface area contributed by atoms with Crippen molar-refractivity contribution in [2.24, 2.45) is 0 Å². The number of alkyl carbamates (subject to hydrolysis) is 1. The van der Waals surface area contributed by atoms with Crippen molar-refractivity contribution in [1.82, 2.24) is 10.2 Å². The Hall–Kier alpha value is -2.91. The molecule has 2 aromatic carbocycles. The minimum atomic E-state index is -0.644. The van der Waals surface area contributed by atoms with Crippen LogP contribution in [0.25, 0.3) is 0 Å². The molecule has 1 N–H and O–H groups in total. The third kappa shape index (κ3) is 7.23. The second-order valence-electron chi connectivity index (χ2n) is 12.9. The van der Waals surface area contributed by atoms with Crippen molar-refractivity contribution in [3.8, 4) is 0 Å². The lowest BCUT2D eigenvalue weighted by atomic mass is 9.78. The number of hydrogen-bond donors (Lipinski definition) is 1. The molecule has 2 aromatic rings. The van der Waals surface area contributed by atoms with E-state index in [-0.39, 0.29) is 12.3 Å². The monoisotopic (exact) mass is 552 g/mol. The molecule has 216 valence electrons. The molecule has 0 spiro atoms. The molecule has 0 atom stereocenters. The number of ether oxygens (including phenoxy) is 1. The number of hydrogen-bond acceptors (Lipinski definition) is 5. The van der Waals surface area contributed by atoms with Gasteiger partial charge >= 0.3 is 13.2 Å². The maximum absolute atomic E-state index is 15.0. The van der Waals surface area contributed by atoms with Crippen molar-refractivity contribution >= 4 is 24.6 Å². The lowest BCUT2D eigenvalue weighted by Crippen LogP contribution is -2.41. The third-order valence-electron chi connectivity index (χ3n) is 8.05. The molecule has 0 bridgehead atoms. The molecule has 40 heavy (non-hydrogen) atoms. The number of rotatable bonds is 6. The fourth-order valence-electron chi connectivity index (χ4n) is 5.02. The van der Waals surface area contributed by atoms with Crippen LogP contribution in [-0.2, 0) is 31.8 Å². The molecular weight excluding hydrogens is 510 g/mol. The number of halogens is 1. The molecule has 9 heteroatoms. The van der Waals surface area contributed by atoms with Gasteiger partial charge in [-0.2, -0.15) is 0 Å². The van der Waals surface area contributed by atoms with E-state index >= 15 is 4.39 Å². The van der Waals surface area contributed by atoms with Crippen molar-refractivity contribution in [2.45, 2.75) is 97.0 Å². The van der Waals surface area contributed by atoms with E-state index in [9.17, 15) is 9.59 Å². The van der Waals surface area contributed by atoms with Gasteiger partial charge in [-0.25, -0.2) is 9.18 Å². The lowest BCUT2D eigenvalue weighted by Gasteiger charge is -2.32. The average molecular weight is 552 g/mol. The van der Waals surface area contributed by atoms with Crippen LogP contribution in [0.5, 0.6) is 0 Å². The van der Waals surface area contributed by atoms with Crippen LogP contribution >= 0.6 is 0 Å². The zero-order chi connectivity index (χ0) is 29.3. The van der Waals surface area contributed by atoms with Gasteiger partial charge < -0.3 is 24.3 Å². The quantitative estimate of drug-likeness (QED) is 0.505. The zero-order valence-corrected chi connectivity index (χ0v) is 24.8. The Morgan fingerprint density at radius 2 is 1.70 bits per heavy atom. The highest BCUT2D eigenvalue weighted by atomic mass is 19.1. The first-order valence-electron chi connectivity index (χ1n) is 14.1. The fourth-order valence-corrected chi connectivity index (χ4v) is 5.02. The first-order valence-corrected chi connectivity index (χ1v) is 14.1. The van der Waals surface area contributed by atoms with E-state index in [1.165, 1.54) is 11.6 Å². The van der Waals surface area contributed by atoms with Gasteiger partial charge in [0.1, 0.15) is 11.4 Å². The lowest BCUT2D eigenvalue weighted by molar-refractivity contribution is -0.131. The highest BCUT2D eigenvalue weighted by Crippen LogP contribution is 2.36. The van der Waals surface area contributed by atoms with E-state index in [0.29, 0.717) is 36.6 Å². The van der Waals surface area contributed by atoms with Crippen LogP contribution in [0.1, 0.15) is 83.9 Å². The van der Waals surface area contributed by atoms with Gasteiger partial charge in [0.05, 0.1) is 17.6 Å². The number of nitrogens with zero attached hydrogens (tertiary/aromatic N) is 1. The largest absolute Gasteiger partial charge is 0.494 e. The van der Waals surface area contributed by atoms with Gasteiger partial charge in [0.2, 0.25) is 5.91 Å². The summed E-state index contributed by atoms with van der Waals surface area (Å²) in [5, 5.41) is 2.80. The summed E-state index contributed by atoms with van der Waals surface area (Å²) in [6.45, 7) is 15.0. The molecule has 0 aliphatic carbocycles. The number of piperidine rings is 1. The van der Waals surface area contributed by atoms with E-state index in [0.717, 1.165) is 18.4 Å². The van der Waals surface area contributed by atoms with Crippen LogP contribution in [0.15, 0.2) is 42.5 Å². The molecular formula is C31H42BFN2O5. The molecule has 2 heterocycles. The Kier molecular flexibility index (Phi) is 8.67. The van der Waals surface area contributed by atoms with Gasteiger partial charge in [-0.05, 0) is 95.4 Å². The molecule has 0 unspecified atom stereocenters. The normalized spacial score (nSPS) is 19.0. The number of likely N-dealkylation sites (tertiary alicyclic amines) is 1. The molecule has 2 fully saturated rings. The Balaban J connectivity index is 1.29. The molecule has 2 aliphatic heterocycles. The van der Waals surface area contributed by atoms with E-state index in [1.54, 1.807) is 12.1 Å². The summed E-state index contributed by atoms with van der Waals surface area (Å²) >= 11 is 0. The maximum atomic E-state index is 15.0. The van der Waals surface area contributed by atoms with Crippen LogP contribution in [0, 0.1) is 5.82 Å². The van der Waals surface area contributed by atoms with Crippen molar-refractivity contribution in [1.29, 1.82) is 0 Å². The maximum Gasteiger partial charge on any atom is 0.494 e. The molecule has 0 saturated carbocycles. The average Bonchev–Trinajstić information content (AvgIpc) is 3.09. The zero-order valence-electron chi connectivity index (χ0n) is 24.8. The van der Waals surface area contributed by atoms with Crippen LogP contribution in [0.2, 0.25) is 0 Å². The van der Waals surface area contributed by atoms with Crippen LogP contribution in [0.4, 0.5) is 9.18 Å². The number of carbonyl (C=O) groups excluding carboxylic acids is 2. The summed E-state index contributed by atoms with van der Waals surface area (Å²) < 4.78 is 32.4. The van der Waals surface area contributed by atoms with E-state index in [4.69, 9.17) is 14.0 Å². The van der Waals surface area contributed by atoms with E-state index < -0.39 is 35.8 Å². The minimum absolute atomic E-state index is 0.0198. The second kappa shape index (κ2) is 11.5. The second-order valence-corrected chi connectivity index (χ2v) is 12.9. The van der Waals surface area contributed by atoms with Gasteiger partial charge in [0, 0.05) is 19.6 Å². The van der Waals surface area contributed by atoms with E-state index in [1.807, 2.05) is 65.5 Å². The standard InChI is InChI=1S/C31H42BFN2O5/c1-29(2,3)38-28(37)34-20-21-9-8-10-23(17-21)22-13-15-35(16-14-22)27(36)18-24-11-12-25(19-26(24)33)32-39-30(4,5)31(6,7)40-32/h8-12,17,19,22H,13-16,18,20H2,1-7H3,(H,34,37). The third-order valence-corrected chi connectivity index (χ3v) is 8.05. The first-order chi connectivity index (χ1) is 18.6. The molecule has 0 radical (unpaired) electrons. The van der Waals surface area contributed by atoms with Gasteiger partial charge in [-0.15, -0.1) is 0 Å². The number of benzene rings is 2. The topological polar surface area (TPSA) is 77.1 Å². The minimum Gasteiger partial charge on any atom is -0.444 e. The summed E-state index contributed by atoms with van der Waals surface area (Å²) in [4.78, 5) is 26.8. The summed E-state index contributed by atoms with van der Waals surface area (Å²) in [7, 11) is -0.644. The predicted octanol–water partition coefficient (Wildman–Crippen LogP) is 5.10. The van der Waals surface area contributed by atoms with Gasteiger partial charge in [0.25, 0.3) is 0 Å². The van der Waals surface area contributed by atoms with Gasteiger partial charge in [0.15, 0.2) is 0 Å². The smallest absolute Gasteiger partial charge is 0.444 e. The summed E-state index contributed by atoms with van der Waals surface area (Å²) in [5.74, 6) is -0.176. The molecule has 4 rings (SSSR count). The fraction of sp³-hybridized carbons (Fsp3) is 0.548. The van der Waals surface area contributed by atoms with Crippen molar-refractivity contribution in [3.05, 3.63) is 65.0 Å². The van der Waals surface area contributed by atoms with Crippen LogP contribution in [-0.4, -0.2) is 53.9 Å². The Morgan fingerprint density at radius 1 is 1.05 bits per heavy atom. The van der Waals surface area contributed by atoms with Gasteiger partial charge in [-0.3, -0.25) is 4.79 Å². The van der Waals surface area contributed by atoms with Crippen LogP contribution in [0.3, 0.4) is 0 Å². The summed E-state index contributed by atoms with van der Waals surface area (Å²) in [6.07, 6.45) is 1.24. The SMILES string of the molecule is CC(C)(C)OC(=O)NCc1cccc(C2CCN(C(=O)Cc3ccc(B4OC(C)(C)C(C)(C)O4)cc3F)CC2)c1.